The zero-order valence-electron chi connectivity index (χ0n) is 9.50. The number of benzene rings is 1. The molecular weight excluding hydrogens is 209 g/mol. The molecule has 0 saturated heterocycles. The van der Waals surface area contributed by atoms with Gasteiger partial charge < -0.3 is 10.5 Å². The maximum Gasteiger partial charge on any atom is 0.307 e. The first-order chi connectivity index (χ1) is 7.54. The molecule has 0 aliphatic heterocycles. The van der Waals surface area contributed by atoms with Crippen molar-refractivity contribution < 1.29 is 13.9 Å². The molecule has 16 heavy (non-hydrogen) atoms. The summed E-state index contributed by atoms with van der Waals surface area (Å²) in [6.07, 6.45) is -0.00613. The Balaban J connectivity index is 2.72. The summed E-state index contributed by atoms with van der Waals surface area (Å²) in [5.41, 5.74) is 6.91. The molecule has 88 valence electrons. The number of hydrogen-bond donors (Lipinski definition) is 1. The van der Waals surface area contributed by atoms with Crippen molar-refractivity contribution in [2.24, 2.45) is 5.73 Å². The van der Waals surface area contributed by atoms with Gasteiger partial charge in [-0.05, 0) is 25.5 Å². The van der Waals surface area contributed by atoms with E-state index in [0.717, 1.165) is 5.56 Å². The van der Waals surface area contributed by atoms with E-state index in [0.29, 0.717) is 12.2 Å². The molecule has 1 rings (SSSR count). The Morgan fingerprint density at radius 2 is 2.25 bits per heavy atom. The number of halogens is 1. The number of rotatable bonds is 4. The van der Waals surface area contributed by atoms with Crippen LogP contribution in [0.3, 0.4) is 0 Å². The Morgan fingerprint density at radius 1 is 1.56 bits per heavy atom. The lowest BCUT2D eigenvalue weighted by Crippen LogP contribution is -2.18. The summed E-state index contributed by atoms with van der Waals surface area (Å²) >= 11 is 0. The van der Waals surface area contributed by atoms with E-state index in [2.05, 4.69) is 0 Å². The van der Waals surface area contributed by atoms with Crippen LogP contribution in [0, 0.1) is 12.7 Å². The second kappa shape index (κ2) is 5.61. The number of ether oxygens (including phenoxy) is 1. The van der Waals surface area contributed by atoms with Crippen molar-refractivity contribution in [3.8, 4) is 0 Å². The molecule has 1 aromatic rings. The lowest BCUT2D eigenvalue weighted by atomic mass is 10.0. The van der Waals surface area contributed by atoms with Gasteiger partial charge in [-0.3, -0.25) is 4.79 Å². The van der Waals surface area contributed by atoms with E-state index < -0.39 is 12.0 Å². The minimum absolute atomic E-state index is 0.00613. The van der Waals surface area contributed by atoms with Crippen LogP contribution >= 0.6 is 0 Å². The monoisotopic (exact) mass is 225 g/mol. The van der Waals surface area contributed by atoms with Crippen LogP contribution in [0.5, 0.6) is 0 Å². The first kappa shape index (κ1) is 12.6. The quantitative estimate of drug-likeness (QED) is 0.798. The molecule has 0 radical (unpaired) electrons. The van der Waals surface area contributed by atoms with Gasteiger partial charge in [0.05, 0.1) is 13.0 Å². The average Bonchev–Trinajstić information content (AvgIpc) is 2.17. The maximum atomic E-state index is 13.5. The molecule has 0 saturated carbocycles. The highest BCUT2D eigenvalue weighted by Crippen LogP contribution is 2.19. The van der Waals surface area contributed by atoms with Gasteiger partial charge in [-0.1, -0.05) is 12.1 Å². The van der Waals surface area contributed by atoms with E-state index in [-0.39, 0.29) is 12.2 Å². The first-order valence-corrected chi connectivity index (χ1v) is 5.21. The zero-order valence-corrected chi connectivity index (χ0v) is 9.50. The van der Waals surface area contributed by atoms with Gasteiger partial charge in [-0.2, -0.15) is 0 Å². The fourth-order valence-electron chi connectivity index (χ4n) is 1.44. The molecule has 0 aromatic heterocycles. The van der Waals surface area contributed by atoms with Crippen LogP contribution in [0.15, 0.2) is 18.2 Å². The molecule has 0 aliphatic carbocycles. The highest BCUT2D eigenvalue weighted by Gasteiger charge is 2.15. The fourth-order valence-corrected chi connectivity index (χ4v) is 1.44. The Labute approximate surface area is 94.4 Å². The van der Waals surface area contributed by atoms with Crippen LogP contribution in [-0.4, -0.2) is 12.6 Å². The van der Waals surface area contributed by atoms with Crippen LogP contribution in [0.4, 0.5) is 4.39 Å². The van der Waals surface area contributed by atoms with Gasteiger partial charge in [0, 0.05) is 11.6 Å². The van der Waals surface area contributed by atoms with Crippen LogP contribution < -0.4 is 5.73 Å². The normalized spacial score (nSPS) is 12.2. The molecule has 4 heteroatoms. The van der Waals surface area contributed by atoms with Crippen molar-refractivity contribution in [1.82, 2.24) is 0 Å². The van der Waals surface area contributed by atoms with Crippen LogP contribution in [-0.2, 0) is 9.53 Å². The van der Waals surface area contributed by atoms with Gasteiger partial charge in [0.1, 0.15) is 5.82 Å². The summed E-state index contributed by atoms with van der Waals surface area (Å²) in [6, 6.07) is 4.12. The zero-order chi connectivity index (χ0) is 12.1. The van der Waals surface area contributed by atoms with Gasteiger partial charge in [0.2, 0.25) is 0 Å². The predicted octanol–water partition coefficient (Wildman–Crippen LogP) is 2.09. The SMILES string of the molecule is CCOC(=O)C[C@@H](N)c1ccc(C)cc1F. The van der Waals surface area contributed by atoms with Crippen LogP contribution in [0.2, 0.25) is 0 Å². The maximum absolute atomic E-state index is 13.5. The highest BCUT2D eigenvalue weighted by molar-refractivity contribution is 5.70. The second-order valence-corrected chi connectivity index (χ2v) is 3.64. The number of esters is 1. The molecule has 0 amide bonds. The number of nitrogens with two attached hydrogens (primary N) is 1. The molecule has 1 aromatic carbocycles. The summed E-state index contributed by atoms with van der Waals surface area (Å²) in [4.78, 5) is 11.2. The Morgan fingerprint density at radius 3 is 2.81 bits per heavy atom. The van der Waals surface area contributed by atoms with Crippen molar-refractivity contribution >= 4 is 5.97 Å². The van der Waals surface area contributed by atoms with Crippen molar-refractivity contribution in [3.63, 3.8) is 0 Å². The van der Waals surface area contributed by atoms with Crippen molar-refractivity contribution in [2.75, 3.05) is 6.61 Å². The molecule has 0 unspecified atom stereocenters. The minimum atomic E-state index is -0.653. The van der Waals surface area contributed by atoms with Gasteiger partial charge >= 0.3 is 5.97 Å². The average molecular weight is 225 g/mol. The lowest BCUT2D eigenvalue weighted by molar-refractivity contribution is -0.143. The van der Waals surface area contributed by atoms with E-state index in [1.54, 1.807) is 26.0 Å². The van der Waals surface area contributed by atoms with E-state index in [9.17, 15) is 9.18 Å². The van der Waals surface area contributed by atoms with Crippen LogP contribution in [0.1, 0.15) is 30.5 Å². The topological polar surface area (TPSA) is 52.3 Å². The molecule has 0 spiro atoms. The summed E-state index contributed by atoms with van der Waals surface area (Å²) < 4.78 is 18.3. The Bertz CT molecular complexity index is 379. The van der Waals surface area contributed by atoms with E-state index in [4.69, 9.17) is 10.5 Å². The van der Waals surface area contributed by atoms with Crippen molar-refractivity contribution in [3.05, 3.63) is 35.1 Å². The third kappa shape index (κ3) is 3.31. The van der Waals surface area contributed by atoms with E-state index in [1.807, 2.05) is 0 Å². The second-order valence-electron chi connectivity index (χ2n) is 3.64. The molecule has 2 N–H and O–H groups in total. The molecule has 0 heterocycles. The van der Waals surface area contributed by atoms with Gasteiger partial charge in [0.25, 0.3) is 0 Å². The van der Waals surface area contributed by atoms with Gasteiger partial charge in [-0.25, -0.2) is 4.39 Å². The molecule has 0 bridgehead atoms. The fraction of sp³-hybridized carbons (Fsp3) is 0.417. The summed E-state index contributed by atoms with van der Waals surface area (Å²) in [5, 5.41) is 0. The van der Waals surface area contributed by atoms with Crippen molar-refractivity contribution in [1.29, 1.82) is 0 Å². The highest BCUT2D eigenvalue weighted by atomic mass is 19.1. The first-order valence-electron chi connectivity index (χ1n) is 5.21. The minimum Gasteiger partial charge on any atom is -0.466 e. The molecule has 1 atom stereocenters. The number of aryl methyl sites for hydroxylation is 1. The third-order valence-electron chi connectivity index (χ3n) is 2.25. The number of carbonyl (C=O) groups is 1. The summed E-state index contributed by atoms with van der Waals surface area (Å²) in [6.45, 7) is 3.82. The van der Waals surface area contributed by atoms with Crippen molar-refractivity contribution in [2.45, 2.75) is 26.3 Å². The van der Waals surface area contributed by atoms with Gasteiger partial charge in [-0.15, -0.1) is 0 Å². The number of hydrogen-bond acceptors (Lipinski definition) is 3. The third-order valence-corrected chi connectivity index (χ3v) is 2.25. The molecule has 0 fully saturated rings. The molecule has 0 aliphatic rings. The number of carbonyl (C=O) groups excluding carboxylic acids is 1. The summed E-state index contributed by atoms with van der Waals surface area (Å²) in [5.74, 6) is -0.785. The Kier molecular flexibility index (Phi) is 4.43. The lowest BCUT2D eigenvalue weighted by Gasteiger charge is -2.12. The van der Waals surface area contributed by atoms with Gasteiger partial charge in [0.15, 0.2) is 0 Å². The molecule has 3 nitrogen and oxygen atoms in total. The van der Waals surface area contributed by atoms with E-state index >= 15 is 0 Å². The Hall–Kier alpha value is -1.42. The smallest absolute Gasteiger partial charge is 0.307 e. The van der Waals surface area contributed by atoms with E-state index in [1.165, 1.54) is 6.07 Å². The summed E-state index contributed by atoms with van der Waals surface area (Å²) in [7, 11) is 0. The molecular formula is C12H16FNO2. The largest absolute Gasteiger partial charge is 0.466 e. The van der Waals surface area contributed by atoms with Crippen LogP contribution in [0.25, 0.3) is 0 Å². The predicted molar refractivity (Wildman–Crippen MR) is 59.3 cm³/mol. The standard InChI is InChI=1S/C12H16FNO2/c1-3-16-12(15)7-11(14)9-5-4-8(2)6-10(9)13/h4-6,11H,3,7,14H2,1-2H3/t11-/m1/s1.